The molecule has 29 heavy (non-hydrogen) atoms. The lowest BCUT2D eigenvalue weighted by molar-refractivity contribution is -0.132. The lowest BCUT2D eigenvalue weighted by Gasteiger charge is -2.43. The molecule has 0 spiro atoms. The van der Waals surface area contributed by atoms with Gasteiger partial charge in [0.2, 0.25) is 5.91 Å². The molecule has 1 fully saturated rings. The first kappa shape index (κ1) is 19.6. The topological polar surface area (TPSA) is 56.6 Å². The van der Waals surface area contributed by atoms with Crippen molar-refractivity contribution in [1.29, 1.82) is 5.26 Å². The molecule has 2 aliphatic rings. The molecule has 2 heterocycles. The zero-order chi connectivity index (χ0) is 20.4. The zero-order valence-electron chi connectivity index (χ0n) is 16.5. The molecule has 0 bridgehead atoms. The van der Waals surface area contributed by atoms with Crippen LogP contribution in [0, 0.1) is 11.3 Å². The maximum Gasteiger partial charge on any atom is 0.229 e. The van der Waals surface area contributed by atoms with E-state index >= 15 is 0 Å². The van der Waals surface area contributed by atoms with E-state index in [2.05, 4.69) is 30.0 Å². The number of thioether (sulfide) groups is 1. The van der Waals surface area contributed by atoms with Crippen LogP contribution in [0.3, 0.4) is 0 Å². The second-order valence-electron chi connectivity index (χ2n) is 7.27. The highest BCUT2D eigenvalue weighted by Gasteiger charge is 2.39. The number of nitriles is 1. The van der Waals surface area contributed by atoms with E-state index in [0.29, 0.717) is 18.7 Å². The van der Waals surface area contributed by atoms with E-state index in [-0.39, 0.29) is 17.9 Å². The summed E-state index contributed by atoms with van der Waals surface area (Å²) in [6.45, 7) is 2.67. The first-order valence-electron chi connectivity index (χ1n) is 9.62. The van der Waals surface area contributed by atoms with E-state index in [1.807, 2.05) is 42.5 Å². The Hall–Kier alpha value is -2.75. The van der Waals surface area contributed by atoms with Crippen molar-refractivity contribution >= 4 is 17.7 Å². The van der Waals surface area contributed by atoms with Gasteiger partial charge in [-0.15, -0.1) is 0 Å². The van der Waals surface area contributed by atoms with Gasteiger partial charge < -0.3 is 4.74 Å². The number of benzene rings is 2. The normalized spacial score (nSPS) is 20.8. The van der Waals surface area contributed by atoms with E-state index in [9.17, 15) is 10.1 Å². The van der Waals surface area contributed by atoms with Gasteiger partial charge in [-0.25, -0.2) is 0 Å². The van der Waals surface area contributed by atoms with Crippen molar-refractivity contribution in [1.82, 2.24) is 9.80 Å². The number of rotatable bonds is 4. The number of carbonyl (C=O) groups excluding carboxylic acids is 1. The average molecular weight is 406 g/mol. The van der Waals surface area contributed by atoms with Crippen LogP contribution in [0.15, 0.2) is 65.2 Å². The summed E-state index contributed by atoms with van der Waals surface area (Å²) >= 11 is 1.58. The molecule has 2 aromatic carbocycles. The lowest BCUT2D eigenvalue weighted by Crippen LogP contribution is -2.47. The lowest BCUT2D eigenvalue weighted by atomic mass is 9.86. The summed E-state index contributed by atoms with van der Waals surface area (Å²) in [7, 11) is 1.63. The Kier molecular flexibility index (Phi) is 5.61. The molecular formula is C23H23N3O2S. The highest BCUT2D eigenvalue weighted by atomic mass is 32.2. The van der Waals surface area contributed by atoms with Gasteiger partial charge in [0.25, 0.3) is 0 Å². The van der Waals surface area contributed by atoms with Crippen LogP contribution in [-0.4, -0.2) is 35.4 Å². The third kappa shape index (κ3) is 3.76. The zero-order valence-corrected chi connectivity index (χ0v) is 17.4. The van der Waals surface area contributed by atoms with Gasteiger partial charge in [-0.2, -0.15) is 5.26 Å². The van der Waals surface area contributed by atoms with Gasteiger partial charge in [-0.1, -0.05) is 54.2 Å². The van der Waals surface area contributed by atoms with Crippen LogP contribution in [0.25, 0.3) is 0 Å². The average Bonchev–Trinajstić information content (AvgIpc) is 2.79. The standard InChI is InChI=1S/C23H23N3O2S/c1-16(17-6-4-3-5-7-17)25-14-26-22(27)12-20(21(13-24)23(26)29-15-25)18-8-10-19(28-2)11-9-18/h3-11,16,20H,12,14-15H2,1-2H3/t16-,20+/m1/s1. The van der Waals surface area contributed by atoms with Crippen molar-refractivity contribution in [2.45, 2.75) is 25.3 Å². The van der Waals surface area contributed by atoms with Gasteiger partial charge in [0, 0.05) is 18.4 Å². The Bertz CT molecular complexity index is 966. The monoisotopic (exact) mass is 405 g/mol. The van der Waals surface area contributed by atoms with Crippen molar-refractivity contribution < 1.29 is 9.53 Å². The molecule has 0 N–H and O–H groups in total. The van der Waals surface area contributed by atoms with Gasteiger partial charge in [-0.05, 0) is 30.2 Å². The minimum atomic E-state index is -0.199. The van der Waals surface area contributed by atoms with Crippen LogP contribution in [0.1, 0.15) is 36.4 Å². The molecule has 148 valence electrons. The molecule has 6 heteroatoms. The predicted octanol–water partition coefficient (Wildman–Crippen LogP) is 4.47. The number of amides is 1. The fourth-order valence-corrected chi connectivity index (χ4v) is 5.14. The number of hydrogen-bond acceptors (Lipinski definition) is 5. The van der Waals surface area contributed by atoms with Crippen LogP contribution < -0.4 is 4.74 Å². The molecule has 4 rings (SSSR count). The second-order valence-corrected chi connectivity index (χ2v) is 8.21. The quantitative estimate of drug-likeness (QED) is 0.751. The van der Waals surface area contributed by atoms with E-state index in [4.69, 9.17) is 4.74 Å². The van der Waals surface area contributed by atoms with Gasteiger partial charge in [0.05, 0.1) is 36.3 Å². The minimum Gasteiger partial charge on any atom is -0.497 e. The van der Waals surface area contributed by atoms with Gasteiger partial charge >= 0.3 is 0 Å². The van der Waals surface area contributed by atoms with Crippen molar-refractivity contribution in [3.8, 4) is 11.8 Å². The molecule has 1 amide bonds. The summed E-state index contributed by atoms with van der Waals surface area (Å²) in [5, 5.41) is 10.7. The van der Waals surface area contributed by atoms with E-state index in [0.717, 1.165) is 22.2 Å². The van der Waals surface area contributed by atoms with Crippen LogP contribution in [0.4, 0.5) is 0 Å². The fourth-order valence-electron chi connectivity index (χ4n) is 3.88. The van der Waals surface area contributed by atoms with Crippen LogP contribution >= 0.6 is 11.8 Å². The Balaban J connectivity index is 1.60. The van der Waals surface area contributed by atoms with Gasteiger partial charge in [0.15, 0.2) is 0 Å². The van der Waals surface area contributed by atoms with Crippen LogP contribution in [0.2, 0.25) is 0 Å². The Labute approximate surface area is 175 Å². The molecule has 0 unspecified atom stereocenters. The molecule has 0 saturated carbocycles. The molecular weight excluding hydrogens is 382 g/mol. The molecule has 5 nitrogen and oxygen atoms in total. The second kappa shape index (κ2) is 8.32. The maximum atomic E-state index is 13.0. The van der Waals surface area contributed by atoms with E-state index < -0.39 is 0 Å². The van der Waals surface area contributed by atoms with Crippen LogP contribution in [0.5, 0.6) is 5.75 Å². The van der Waals surface area contributed by atoms with Crippen LogP contribution in [-0.2, 0) is 4.79 Å². The highest BCUT2D eigenvalue weighted by molar-refractivity contribution is 8.03. The summed E-state index contributed by atoms with van der Waals surface area (Å²) in [5.41, 5.74) is 2.89. The summed E-state index contributed by atoms with van der Waals surface area (Å²) in [5.74, 6) is 1.38. The summed E-state index contributed by atoms with van der Waals surface area (Å²) in [6.07, 6.45) is 0.312. The molecule has 2 aromatic rings. The summed E-state index contributed by atoms with van der Waals surface area (Å²) < 4.78 is 5.23. The SMILES string of the molecule is COc1ccc([C@@H]2CC(=O)N3CN([C@H](C)c4ccccc4)CSC3=C2C#N)cc1. The number of allylic oxidation sites excluding steroid dienone is 1. The number of carbonyl (C=O) groups is 1. The van der Waals surface area contributed by atoms with Crippen molar-refractivity contribution in [2.75, 3.05) is 19.7 Å². The Morgan fingerprint density at radius 1 is 1.17 bits per heavy atom. The van der Waals surface area contributed by atoms with E-state index in [1.165, 1.54) is 5.56 Å². The van der Waals surface area contributed by atoms with Crippen molar-refractivity contribution in [3.63, 3.8) is 0 Å². The minimum absolute atomic E-state index is 0.0669. The van der Waals surface area contributed by atoms with Gasteiger partial charge in [-0.3, -0.25) is 14.6 Å². The molecule has 1 saturated heterocycles. The highest BCUT2D eigenvalue weighted by Crippen LogP contribution is 2.43. The van der Waals surface area contributed by atoms with Crippen molar-refractivity contribution in [2.24, 2.45) is 0 Å². The number of methoxy groups -OCH3 is 1. The number of nitrogens with zero attached hydrogens (tertiary/aromatic N) is 3. The first-order chi connectivity index (χ1) is 14.1. The summed E-state index contributed by atoms with van der Waals surface area (Å²) in [4.78, 5) is 17.1. The molecule has 0 aliphatic carbocycles. The summed E-state index contributed by atoms with van der Waals surface area (Å²) in [6, 6.07) is 20.5. The van der Waals surface area contributed by atoms with Gasteiger partial charge in [0.1, 0.15) is 5.75 Å². The van der Waals surface area contributed by atoms with E-state index in [1.54, 1.807) is 23.8 Å². The number of ether oxygens (including phenoxy) is 1. The first-order valence-corrected chi connectivity index (χ1v) is 10.6. The smallest absolute Gasteiger partial charge is 0.229 e. The maximum absolute atomic E-state index is 13.0. The fraction of sp³-hybridized carbons (Fsp3) is 0.304. The Morgan fingerprint density at radius 2 is 1.90 bits per heavy atom. The number of hydrogen-bond donors (Lipinski definition) is 0. The third-order valence-corrected chi connectivity index (χ3v) is 6.84. The molecule has 2 atom stereocenters. The molecule has 0 aromatic heterocycles. The third-order valence-electron chi connectivity index (χ3n) is 5.66. The van der Waals surface area contributed by atoms with Crippen molar-refractivity contribution in [3.05, 3.63) is 76.3 Å². The molecule has 0 radical (unpaired) electrons. The molecule has 2 aliphatic heterocycles. The predicted molar refractivity (Wildman–Crippen MR) is 114 cm³/mol. The largest absolute Gasteiger partial charge is 0.497 e. The Morgan fingerprint density at radius 3 is 2.55 bits per heavy atom. The number of fused-ring (bicyclic) bond motifs is 1.